The highest BCUT2D eigenvalue weighted by Gasteiger charge is 2.57. The van der Waals surface area contributed by atoms with Crippen LogP contribution in [0.1, 0.15) is 36.2 Å². The summed E-state index contributed by atoms with van der Waals surface area (Å²) in [5.74, 6) is -0.118. The summed E-state index contributed by atoms with van der Waals surface area (Å²) in [6.45, 7) is 0.437. The number of fused-ring (bicyclic) bond motifs is 4. The smallest absolute Gasteiger partial charge is 0.284 e. The van der Waals surface area contributed by atoms with Crippen LogP contribution in [0.3, 0.4) is 0 Å². The standard InChI is InChI=1S/C18H19N5O4S/c24-16-13-2-1-3-15(21-13)28(25,26)23(12-10-18(11-12)5-6-18)17-20-7-4-14(22-17)27-9-8-19-16/h1-4,7,12H,5-6,8-11H2,(H,19,24). The number of ether oxygens (including phenoxy) is 1. The van der Waals surface area contributed by atoms with Crippen LogP contribution in [0.4, 0.5) is 5.95 Å². The molecule has 2 aliphatic carbocycles. The summed E-state index contributed by atoms with van der Waals surface area (Å²) in [6, 6.07) is 5.73. The van der Waals surface area contributed by atoms with E-state index in [0.717, 1.165) is 25.7 Å². The summed E-state index contributed by atoms with van der Waals surface area (Å²) in [5.41, 5.74) is 0.324. The summed E-state index contributed by atoms with van der Waals surface area (Å²) < 4.78 is 33.8. The van der Waals surface area contributed by atoms with E-state index in [0.29, 0.717) is 0 Å². The lowest BCUT2D eigenvalue weighted by Crippen LogP contribution is -2.49. The van der Waals surface area contributed by atoms with Crippen molar-refractivity contribution in [3.63, 3.8) is 0 Å². The lowest BCUT2D eigenvalue weighted by atomic mass is 9.77. The monoisotopic (exact) mass is 401 g/mol. The highest BCUT2D eigenvalue weighted by Crippen LogP contribution is 2.62. The first-order chi connectivity index (χ1) is 13.5. The van der Waals surface area contributed by atoms with Crippen LogP contribution in [-0.4, -0.2) is 48.5 Å². The van der Waals surface area contributed by atoms with Crippen LogP contribution >= 0.6 is 0 Å². The van der Waals surface area contributed by atoms with Gasteiger partial charge in [-0.1, -0.05) is 6.07 Å². The highest BCUT2D eigenvalue weighted by atomic mass is 32.2. The Kier molecular flexibility index (Phi) is 3.80. The highest BCUT2D eigenvalue weighted by molar-refractivity contribution is 7.92. The van der Waals surface area contributed by atoms with Gasteiger partial charge in [-0.3, -0.25) is 4.79 Å². The topological polar surface area (TPSA) is 114 Å². The second-order valence-corrected chi connectivity index (χ2v) is 9.29. The molecule has 0 radical (unpaired) electrons. The lowest BCUT2D eigenvalue weighted by Gasteiger charge is -2.42. The molecule has 10 heteroatoms. The Morgan fingerprint density at radius 3 is 2.79 bits per heavy atom. The summed E-state index contributed by atoms with van der Waals surface area (Å²) in [4.78, 5) is 24.9. The molecule has 9 nitrogen and oxygen atoms in total. The van der Waals surface area contributed by atoms with Gasteiger partial charge in [0.2, 0.25) is 11.8 Å². The van der Waals surface area contributed by atoms with Crippen molar-refractivity contribution in [3.8, 4) is 5.88 Å². The summed E-state index contributed by atoms with van der Waals surface area (Å²) >= 11 is 0. The first-order valence-electron chi connectivity index (χ1n) is 9.23. The molecule has 1 amide bonds. The van der Waals surface area contributed by atoms with Crippen LogP contribution in [0, 0.1) is 5.41 Å². The lowest BCUT2D eigenvalue weighted by molar-refractivity contribution is 0.0941. The molecule has 3 aliphatic rings. The molecule has 2 aromatic rings. The van der Waals surface area contributed by atoms with Gasteiger partial charge in [0.25, 0.3) is 15.9 Å². The van der Waals surface area contributed by atoms with Crippen LogP contribution in [0.5, 0.6) is 5.88 Å². The fourth-order valence-corrected chi connectivity index (χ4v) is 5.38. The Hall–Kier alpha value is -2.75. The van der Waals surface area contributed by atoms with Crippen LogP contribution < -0.4 is 14.4 Å². The number of rotatable bonds is 1. The number of hydrogen-bond acceptors (Lipinski definition) is 7. The second-order valence-electron chi connectivity index (χ2n) is 7.52. The van der Waals surface area contributed by atoms with Gasteiger partial charge in [0.1, 0.15) is 12.3 Å². The summed E-state index contributed by atoms with van der Waals surface area (Å²) in [6.07, 6.45) is 5.31. The van der Waals surface area contributed by atoms with E-state index >= 15 is 0 Å². The minimum Gasteiger partial charge on any atom is -0.476 e. The van der Waals surface area contributed by atoms with E-state index in [4.69, 9.17) is 4.74 Å². The molecule has 1 N–H and O–H groups in total. The van der Waals surface area contributed by atoms with E-state index in [1.54, 1.807) is 6.07 Å². The molecule has 1 aliphatic heterocycles. The average Bonchev–Trinajstić information content (AvgIpc) is 3.46. The normalized spacial score (nSPS) is 22.7. The van der Waals surface area contributed by atoms with Crippen molar-refractivity contribution in [1.29, 1.82) is 0 Å². The van der Waals surface area contributed by atoms with Crippen LogP contribution in [-0.2, 0) is 10.0 Å². The second kappa shape index (κ2) is 6.13. The van der Waals surface area contributed by atoms with Gasteiger partial charge in [-0.25, -0.2) is 14.3 Å². The Morgan fingerprint density at radius 2 is 2.00 bits per heavy atom. The third-order valence-electron chi connectivity index (χ3n) is 5.56. The van der Waals surface area contributed by atoms with E-state index in [1.165, 1.54) is 28.7 Å². The maximum absolute atomic E-state index is 13.5. The van der Waals surface area contributed by atoms with Crippen molar-refractivity contribution in [2.75, 3.05) is 17.5 Å². The fraction of sp³-hybridized carbons (Fsp3) is 0.444. The zero-order chi connectivity index (χ0) is 19.4. The number of sulfonamides is 1. The molecule has 3 heterocycles. The Bertz CT molecular complexity index is 1050. The van der Waals surface area contributed by atoms with Crippen molar-refractivity contribution >= 4 is 21.9 Å². The van der Waals surface area contributed by atoms with Crippen LogP contribution in [0.15, 0.2) is 35.5 Å². The molecule has 2 fully saturated rings. The number of nitrogens with zero attached hydrogens (tertiary/aromatic N) is 4. The molecule has 0 atom stereocenters. The maximum atomic E-state index is 13.5. The molecule has 0 saturated heterocycles. The minimum atomic E-state index is -4.04. The van der Waals surface area contributed by atoms with Gasteiger partial charge in [-0.15, -0.1) is 0 Å². The third kappa shape index (κ3) is 2.88. The zero-order valence-corrected chi connectivity index (χ0v) is 15.9. The van der Waals surface area contributed by atoms with Crippen LogP contribution in [0.2, 0.25) is 0 Å². The van der Waals surface area contributed by atoms with Gasteiger partial charge < -0.3 is 10.1 Å². The van der Waals surface area contributed by atoms with Gasteiger partial charge in [-0.05, 0) is 43.2 Å². The maximum Gasteiger partial charge on any atom is 0.284 e. The SMILES string of the molecule is O=C1NCCOc2ccnc(n2)N(C2CC3(CC3)C2)S(=O)(=O)c2cccc1n2. The number of anilines is 1. The predicted molar refractivity (Wildman–Crippen MR) is 98.5 cm³/mol. The van der Waals surface area contributed by atoms with Gasteiger partial charge in [0.15, 0.2) is 5.03 Å². The molecule has 1 spiro atoms. The number of pyridine rings is 1. The predicted octanol–water partition coefficient (Wildman–Crippen LogP) is 1.13. The van der Waals surface area contributed by atoms with Crippen molar-refractivity contribution in [2.24, 2.45) is 5.41 Å². The van der Waals surface area contributed by atoms with E-state index < -0.39 is 15.9 Å². The van der Waals surface area contributed by atoms with Crippen molar-refractivity contribution in [2.45, 2.75) is 36.8 Å². The molecule has 4 bridgehead atoms. The first-order valence-corrected chi connectivity index (χ1v) is 10.7. The first kappa shape index (κ1) is 17.4. The number of aromatic nitrogens is 3. The van der Waals surface area contributed by atoms with Crippen LogP contribution in [0.25, 0.3) is 0 Å². The number of carbonyl (C=O) groups is 1. The van der Waals surface area contributed by atoms with Gasteiger partial charge in [-0.2, -0.15) is 13.4 Å². The Labute approximate surface area is 162 Å². The summed E-state index contributed by atoms with van der Waals surface area (Å²) in [7, 11) is -4.04. The number of amides is 1. The van der Waals surface area contributed by atoms with E-state index in [2.05, 4.69) is 20.3 Å². The minimum absolute atomic E-state index is 0.0418. The zero-order valence-electron chi connectivity index (χ0n) is 15.0. The van der Waals surface area contributed by atoms with Gasteiger partial charge >= 0.3 is 0 Å². The van der Waals surface area contributed by atoms with E-state index in [-0.39, 0.29) is 47.2 Å². The molecular weight excluding hydrogens is 382 g/mol. The number of nitrogens with one attached hydrogen (secondary N) is 1. The van der Waals surface area contributed by atoms with Crippen molar-refractivity contribution in [1.82, 2.24) is 20.3 Å². The Morgan fingerprint density at radius 1 is 1.18 bits per heavy atom. The average molecular weight is 401 g/mol. The van der Waals surface area contributed by atoms with Gasteiger partial charge in [0.05, 0.1) is 6.54 Å². The molecule has 2 saturated carbocycles. The molecule has 0 unspecified atom stereocenters. The quantitative estimate of drug-likeness (QED) is 0.762. The fourth-order valence-electron chi connectivity index (χ4n) is 3.87. The largest absolute Gasteiger partial charge is 0.476 e. The third-order valence-corrected chi connectivity index (χ3v) is 7.29. The molecule has 5 rings (SSSR count). The van der Waals surface area contributed by atoms with E-state index in [1.807, 2.05) is 0 Å². The van der Waals surface area contributed by atoms with Crippen molar-refractivity contribution < 1.29 is 17.9 Å². The van der Waals surface area contributed by atoms with Crippen molar-refractivity contribution in [3.05, 3.63) is 36.2 Å². The molecule has 0 aromatic carbocycles. The Balaban J connectivity index is 1.63. The molecule has 28 heavy (non-hydrogen) atoms. The number of carbonyl (C=O) groups excluding carboxylic acids is 1. The number of hydrogen-bond donors (Lipinski definition) is 1. The molecular formula is C18H19N5O4S. The van der Waals surface area contributed by atoms with E-state index in [9.17, 15) is 13.2 Å². The summed E-state index contributed by atoms with van der Waals surface area (Å²) in [5, 5.41) is 2.47. The molecule has 2 aromatic heterocycles. The molecule has 146 valence electrons. The van der Waals surface area contributed by atoms with Gasteiger partial charge in [0, 0.05) is 18.3 Å².